The predicted molar refractivity (Wildman–Crippen MR) is 95.7 cm³/mol. The second kappa shape index (κ2) is 6.80. The van der Waals surface area contributed by atoms with Crippen LogP contribution in [0, 0.1) is 25.2 Å². The van der Waals surface area contributed by atoms with E-state index < -0.39 is 0 Å². The molecular weight excluding hydrogens is 298 g/mol. The van der Waals surface area contributed by atoms with Crippen molar-refractivity contribution in [1.82, 2.24) is 9.97 Å². The topological polar surface area (TPSA) is 73.6 Å². The van der Waals surface area contributed by atoms with Crippen molar-refractivity contribution in [3.63, 3.8) is 0 Å². The molecule has 0 saturated heterocycles. The van der Waals surface area contributed by atoms with Gasteiger partial charge in [0.2, 0.25) is 0 Å². The highest BCUT2D eigenvalue weighted by molar-refractivity contribution is 5.64. The lowest BCUT2D eigenvalue weighted by molar-refractivity contribution is 1.06. The Bertz CT molecular complexity index is 912. The van der Waals surface area contributed by atoms with E-state index in [0.717, 1.165) is 11.4 Å². The number of nitrogens with one attached hydrogen (secondary N) is 2. The molecule has 1 heterocycles. The molecule has 118 valence electrons. The zero-order chi connectivity index (χ0) is 16.9. The van der Waals surface area contributed by atoms with Gasteiger partial charge in [-0.1, -0.05) is 18.2 Å². The average molecular weight is 315 g/mol. The molecule has 5 heteroatoms. The molecule has 24 heavy (non-hydrogen) atoms. The van der Waals surface area contributed by atoms with Crippen LogP contribution in [0.5, 0.6) is 0 Å². The third kappa shape index (κ3) is 3.87. The fourth-order valence-corrected chi connectivity index (χ4v) is 2.38. The van der Waals surface area contributed by atoms with Crippen LogP contribution >= 0.6 is 0 Å². The van der Waals surface area contributed by atoms with Gasteiger partial charge in [0.05, 0.1) is 11.6 Å². The molecule has 0 fully saturated rings. The second-order valence-electron chi connectivity index (χ2n) is 5.50. The van der Waals surface area contributed by atoms with Gasteiger partial charge in [-0.25, -0.2) is 9.97 Å². The zero-order valence-corrected chi connectivity index (χ0v) is 13.5. The fourth-order valence-electron chi connectivity index (χ4n) is 2.38. The van der Waals surface area contributed by atoms with Crippen molar-refractivity contribution in [2.45, 2.75) is 13.8 Å². The molecule has 0 saturated carbocycles. The number of anilines is 4. The maximum atomic E-state index is 8.99. The molecular formula is C19H17N5. The van der Waals surface area contributed by atoms with Gasteiger partial charge in [0.1, 0.15) is 17.5 Å². The monoisotopic (exact) mass is 315 g/mol. The van der Waals surface area contributed by atoms with Crippen molar-refractivity contribution in [3.05, 3.63) is 71.5 Å². The number of benzene rings is 2. The summed E-state index contributed by atoms with van der Waals surface area (Å²) < 4.78 is 0. The lowest BCUT2D eigenvalue weighted by Crippen LogP contribution is -2.01. The summed E-state index contributed by atoms with van der Waals surface area (Å²) in [5.41, 5.74) is 3.57. The highest BCUT2D eigenvalue weighted by Crippen LogP contribution is 2.21. The van der Waals surface area contributed by atoms with Crippen molar-refractivity contribution in [1.29, 1.82) is 5.26 Å². The Morgan fingerprint density at radius 3 is 2.08 bits per heavy atom. The number of rotatable bonds is 4. The van der Waals surface area contributed by atoms with Crippen LogP contribution < -0.4 is 10.6 Å². The van der Waals surface area contributed by atoms with E-state index in [2.05, 4.69) is 32.7 Å². The molecule has 0 amide bonds. The summed E-state index contributed by atoms with van der Waals surface area (Å²) in [5.74, 6) is 2.05. The first-order valence-corrected chi connectivity index (χ1v) is 7.59. The van der Waals surface area contributed by atoms with Crippen molar-refractivity contribution >= 4 is 23.0 Å². The Labute approximate surface area is 141 Å². The lowest BCUT2D eigenvalue weighted by atomic mass is 10.2. The molecule has 0 aliphatic heterocycles. The molecule has 0 spiro atoms. The largest absolute Gasteiger partial charge is 0.340 e. The number of nitrogens with zero attached hydrogens (tertiary/aromatic N) is 3. The van der Waals surface area contributed by atoms with Gasteiger partial charge in [-0.2, -0.15) is 5.26 Å². The van der Waals surface area contributed by atoms with Crippen LogP contribution in [0.4, 0.5) is 23.0 Å². The molecule has 0 atom stereocenters. The number of hydrogen-bond donors (Lipinski definition) is 2. The molecule has 5 nitrogen and oxygen atoms in total. The van der Waals surface area contributed by atoms with Crippen LogP contribution in [-0.4, -0.2) is 9.97 Å². The van der Waals surface area contributed by atoms with E-state index in [1.54, 1.807) is 12.1 Å². The van der Waals surface area contributed by atoms with E-state index in [-0.39, 0.29) is 0 Å². The molecule has 0 bridgehead atoms. The van der Waals surface area contributed by atoms with Crippen LogP contribution in [0.3, 0.4) is 0 Å². The van der Waals surface area contributed by atoms with E-state index in [1.165, 1.54) is 5.56 Å². The smallest absolute Gasteiger partial charge is 0.136 e. The van der Waals surface area contributed by atoms with Gasteiger partial charge in [0.15, 0.2) is 0 Å². The van der Waals surface area contributed by atoms with Gasteiger partial charge in [-0.15, -0.1) is 0 Å². The molecule has 3 aromatic rings. The maximum absolute atomic E-state index is 8.99. The Morgan fingerprint density at radius 1 is 0.833 bits per heavy atom. The first-order chi connectivity index (χ1) is 11.6. The Kier molecular flexibility index (Phi) is 4.39. The van der Waals surface area contributed by atoms with Crippen LogP contribution in [0.1, 0.15) is 17.0 Å². The Morgan fingerprint density at radius 2 is 1.46 bits per heavy atom. The lowest BCUT2D eigenvalue weighted by Gasteiger charge is -2.11. The number of hydrogen-bond acceptors (Lipinski definition) is 5. The highest BCUT2D eigenvalue weighted by Gasteiger charge is 2.04. The molecule has 0 radical (unpaired) electrons. The van der Waals surface area contributed by atoms with E-state index in [9.17, 15) is 0 Å². The minimum atomic E-state index is 0.601. The van der Waals surface area contributed by atoms with Gasteiger partial charge >= 0.3 is 0 Å². The van der Waals surface area contributed by atoms with Crippen LogP contribution in [0.15, 0.2) is 54.6 Å². The normalized spacial score (nSPS) is 10.0. The maximum Gasteiger partial charge on any atom is 0.136 e. The minimum absolute atomic E-state index is 0.601. The SMILES string of the molecule is Cc1cccc(Nc2cc(Nc3cccc(C#N)c3)nc(C)n2)c1. The second-order valence-corrected chi connectivity index (χ2v) is 5.50. The third-order valence-corrected chi connectivity index (χ3v) is 3.39. The van der Waals surface area contributed by atoms with Gasteiger partial charge in [0.25, 0.3) is 0 Å². The highest BCUT2D eigenvalue weighted by atomic mass is 15.1. The van der Waals surface area contributed by atoms with Gasteiger partial charge < -0.3 is 10.6 Å². The molecule has 3 rings (SSSR count). The summed E-state index contributed by atoms with van der Waals surface area (Å²) in [6.45, 7) is 3.89. The van der Waals surface area contributed by atoms with Crippen LogP contribution in [-0.2, 0) is 0 Å². The van der Waals surface area contributed by atoms with Gasteiger partial charge in [0, 0.05) is 17.4 Å². The van der Waals surface area contributed by atoms with Crippen molar-refractivity contribution in [2.24, 2.45) is 0 Å². The summed E-state index contributed by atoms with van der Waals surface area (Å²) >= 11 is 0. The molecule has 0 aliphatic rings. The van der Waals surface area contributed by atoms with Gasteiger partial charge in [-0.05, 0) is 49.7 Å². The molecule has 1 aromatic heterocycles. The summed E-state index contributed by atoms with van der Waals surface area (Å²) in [7, 11) is 0. The molecule has 0 unspecified atom stereocenters. The van der Waals surface area contributed by atoms with E-state index in [1.807, 2.05) is 50.2 Å². The summed E-state index contributed by atoms with van der Waals surface area (Å²) in [5, 5.41) is 15.5. The summed E-state index contributed by atoms with van der Waals surface area (Å²) in [4.78, 5) is 8.82. The number of aryl methyl sites for hydroxylation is 2. The van der Waals surface area contributed by atoms with Crippen molar-refractivity contribution < 1.29 is 0 Å². The van der Waals surface area contributed by atoms with Crippen LogP contribution in [0.25, 0.3) is 0 Å². The molecule has 0 aliphatic carbocycles. The molecule has 2 aromatic carbocycles. The van der Waals surface area contributed by atoms with E-state index in [4.69, 9.17) is 5.26 Å². The van der Waals surface area contributed by atoms with E-state index >= 15 is 0 Å². The van der Waals surface area contributed by atoms with Crippen molar-refractivity contribution in [3.8, 4) is 6.07 Å². The summed E-state index contributed by atoms with van der Waals surface area (Å²) in [6.07, 6.45) is 0. The predicted octanol–water partition coefficient (Wildman–Crippen LogP) is 4.45. The Hall–Kier alpha value is -3.39. The quantitative estimate of drug-likeness (QED) is 0.744. The number of nitriles is 1. The molecule has 2 N–H and O–H groups in total. The summed E-state index contributed by atoms with van der Waals surface area (Å²) in [6, 6.07) is 19.3. The van der Waals surface area contributed by atoms with Crippen LogP contribution in [0.2, 0.25) is 0 Å². The fraction of sp³-hybridized carbons (Fsp3) is 0.105. The van der Waals surface area contributed by atoms with E-state index in [0.29, 0.717) is 23.0 Å². The number of aromatic nitrogens is 2. The average Bonchev–Trinajstić information content (AvgIpc) is 2.54. The minimum Gasteiger partial charge on any atom is -0.340 e. The standard InChI is InChI=1S/C19H17N5/c1-13-5-3-7-16(9-13)23-18-11-19(22-14(2)21-18)24-17-8-4-6-15(10-17)12-20/h3-11H,1-2H3,(H2,21,22,23,24). The Balaban J connectivity index is 1.84. The first-order valence-electron chi connectivity index (χ1n) is 7.59. The first kappa shape index (κ1) is 15.5. The van der Waals surface area contributed by atoms with Gasteiger partial charge in [-0.3, -0.25) is 0 Å². The third-order valence-electron chi connectivity index (χ3n) is 3.39. The zero-order valence-electron chi connectivity index (χ0n) is 13.5. The van der Waals surface area contributed by atoms with Crippen molar-refractivity contribution in [2.75, 3.05) is 10.6 Å².